The summed E-state index contributed by atoms with van der Waals surface area (Å²) < 4.78 is 1.89. The number of amides is 1. The molecular weight excluding hydrogens is 308 g/mol. The molecule has 23 heavy (non-hydrogen) atoms. The molecule has 0 bridgehead atoms. The van der Waals surface area contributed by atoms with Gasteiger partial charge in [-0.2, -0.15) is 0 Å². The molecule has 0 unspecified atom stereocenters. The van der Waals surface area contributed by atoms with Crippen LogP contribution in [0, 0.1) is 6.92 Å². The quantitative estimate of drug-likeness (QED) is 0.677. The van der Waals surface area contributed by atoms with E-state index in [1.54, 1.807) is 4.90 Å². The molecule has 0 aliphatic heterocycles. The van der Waals surface area contributed by atoms with E-state index in [1.165, 1.54) is 17.3 Å². The van der Waals surface area contributed by atoms with Gasteiger partial charge in [-0.15, -0.1) is 10.2 Å². The minimum Gasteiger partial charge on any atom is -0.341 e. The zero-order chi connectivity index (χ0) is 16.2. The largest absolute Gasteiger partial charge is 0.341 e. The third-order valence-corrected chi connectivity index (χ3v) is 4.50. The fourth-order valence-corrected chi connectivity index (χ4v) is 3.07. The lowest BCUT2D eigenvalue weighted by Gasteiger charge is -2.17. The summed E-state index contributed by atoms with van der Waals surface area (Å²) in [6.07, 6.45) is 1.90. The SMILES string of the molecule is Cc1ccc(CN(C)C(=O)CSc2nnc3ccccn23)cc1. The first-order valence-electron chi connectivity index (χ1n) is 7.35. The number of fused-ring (bicyclic) bond motifs is 1. The van der Waals surface area contributed by atoms with E-state index >= 15 is 0 Å². The summed E-state index contributed by atoms with van der Waals surface area (Å²) in [6.45, 7) is 2.67. The Kier molecular flexibility index (Phi) is 4.62. The number of thioether (sulfide) groups is 1. The molecule has 0 aliphatic rings. The number of hydrogen-bond acceptors (Lipinski definition) is 4. The van der Waals surface area contributed by atoms with Gasteiger partial charge in [0, 0.05) is 19.8 Å². The van der Waals surface area contributed by atoms with E-state index in [1.807, 2.05) is 35.8 Å². The Labute approximate surface area is 139 Å². The lowest BCUT2D eigenvalue weighted by molar-refractivity contribution is -0.127. The van der Waals surface area contributed by atoms with Crippen LogP contribution >= 0.6 is 11.8 Å². The van der Waals surface area contributed by atoms with Crippen molar-refractivity contribution in [2.75, 3.05) is 12.8 Å². The van der Waals surface area contributed by atoms with E-state index in [2.05, 4.69) is 41.4 Å². The standard InChI is InChI=1S/C17H18N4OS/c1-13-6-8-14(9-7-13)11-20(2)16(22)12-23-17-19-18-15-5-3-4-10-21(15)17/h3-10H,11-12H2,1-2H3. The highest BCUT2D eigenvalue weighted by Crippen LogP contribution is 2.17. The highest BCUT2D eigenvalue weighted by molar-refractivity contribution is 7.99. The van der Waals surface area contributed by atoms with E-state index in [9.17, 15) is 4.79 Å². The first-order chi connectivity index (χ1) is 11.1. The summed E-state index contributed by atoms with van der Waals surface area (Å²) >= 11 is 1.40. The molecule has 0 saturated carbocycles. The molecule has 0 radical (unpaired) electrons. The zero-order valence-corrected chi connectivity index (χ0v) is 14.0. The first kappa shape index (κ1) is 15.6. The Morgan fingerprint density at radius 2 is 1.96 bits per heavy atom. The van der Waals surface area contributed by atoms with Crippen LogP contribution in [-0.4, -0.2) is 38.2 Å². The Hall–Kier alpha value is -2.34. The Balaban J connectivity index is 1.59. The monoisotopic (exact) mass is 326 g/mol. The molecule has 0 fully saturated rings. The third kappa shape index (κ3) is 3.71. The predicted octanol–water partition coefficient (Wildman–Crippen LogP) is 2.79. The van der Waals surface area contributed by atoms with Crippen molar-refractivity contribution in [1.29, 1.82) is 0 Å². The van der Waals surface area contributed by atoms with Gasteiger partial charge in [-0.3, -0.25) is 9.20 Å². The maximum atomic E-state index is 12.3. The van der Waals surface area contributed by atoms with Crippen LogP contribution in [0.5, 0.6) is 0 Å². The average Bonchev–Trinajstić information content (AvgIpc) is 2.98. The average molecular weight is 326 g/mol. The van der Waals surface area contributed by atoms with Crippen molar-refractivity contribution in [3.05, 3.63) is 59.8 Å². The Morgan fingerprint density at radius 3 is 2.74 bits per heavy atom. The number of benzene rings is 1. The van der Waals surface area contributed by atoms with Crippen molar-refractivity contribution < 1.29 is 4.79 Å². The van der Waals surface area contributed by atoms with Crippen molar-refractivity contribution in [3.63, 3.8) is 0 Å². The van der Waals surface area contributed by atoms with E-state index < -0.39 is 0 Å². The van der Waals surface area contributed by atoms with Gasteiger partial charge in [0.25, 0.3) is 0 Å². The van der Waals surface area contributed by atoms with Gasteiger partial charge in [-0.25, -0.2) is 0 Å². The van der Waals surface area contributed by atoms with Gasteiger partial charge in [0.2, 0.25) is 5.91 Å². The maximum Gasteiger partial charge on any atom is 0.233 e. The number of pyridine rings is 1. The van der Waals surface area contributed by atoms with Crippen molar-refractivity contribution in [1.82, 2.24) is 19.5 Å². The van der Waals surface area contributed by atoms with Gasteiger partial charge in [-0.1, -0.05) is 47.7 Å². The molecule has 0 N–H and O–H groups in total. The van der Waals surface area contributed by atoms with E-state index in [-0.39, 0.29) is 5.91 Å². The van der Waals surface area contributed by atoms with Gasteiger partial charge in [-0.05, 0) is 24.6 Å². The van der Waals surface area contributed by atoms with Crippen LogP contribution in [0.4, 0.5) is 0 Å². The van der Waals surface area contributed by atoms with Crippen molar-refractivity contribution in [2.24, 2.45) is 0 Å². The molecule has 5 nitrogen and oxygen atoms in total. The summed E-state index contributed by atoms with van der Waals surface area (Å²) in [6, 6.07) is 14.0. The number of rotatable bonds is 5. The lowest BCUT2D eigenvalue weighted by atomic mass is 10.1. The molecule has 2 aromatic heterocycles. The first-order valence-corrected chi connectivity index (χ1v) is 8.34. The van der Waals surface area contributed by atoms with Gasteiger partial charge < -0.3 is 4.90 Å². The minimum atomic E-state index is 0.0725. The van der Waals surface area contributed by atoms with E-state index in [0.29, 0.717) is 12.3 Å². The summed E-state index contributed by atoms with van der Waals surface area (Å²) in [4.78, 5) is 14.0. The number of aromatic nitrogens is 3. The molecule has 6 heteroatoms. The molecule has 2 heterocycles. The summed E-state index contributed by atoms with van der Waals surface area (Å²) in [5, 5.41) is 8.94. The van der Waals surface area contributed by atoms with Crippen molar-refractivity contribution in [2.45, 2.75) is 18.6 Å². The molecule has 0 aliphatic carbocycles. The van der Waals surface area contributed by atoms with Gasteiger partial charge in [0.05, 0.1) is 5.75 Å². The third-order valence-electron chi connectivity index (χ3n) is 3.57. The lowest BCUT2D eigenvalue weighted by Crippen LogP contribution is -2.27. The maximum absolute atomic E-state index is 12.3. The van der Waals surface area contributed by atoms with Crippen LogP contribution in [0.25, 0.3) is 5.65 Å². The van der Waals surface area contributed by atoms with Crippen LogP contribution in [-0.2, 0) is 11.3 Å². The Morgan fingerprint density at radius 1 is 1.17 bits per heavy atom. The highest BCUT2D eigenvalue weighted by Gasteiger charge is 2.12. The Bertz CT molecular complexity index is 813. The molecular formula is C17H18N4OS. The van der Waals surface area contributed by atoms with Crippen LogP contribution in [0.15, 0.2) is 53.8 Å². The normalized spacial score (nSPS) is 10.9. The second-order valence-corrected chi connectivity index (χ2v) is 6.38. The summed E-state index contributed by atoms with van der Waals surface area (Å²) in [7, 11) is 1.82. The van der Waals surface area contributed by atoms with E-state index in [4.69, 9.17) is 0 Å². The molecule has 118 valence electrons. The molecule has 1 aromatic carbocycles. The van der Waals surface area contributed by atoms with Crippen LogP contribution in [0.2, 0.25) is 0 Å². The molecule has 0 saturated heterocycles. The van der Waals surface area contributed by atoms with Gasteiger partial charge in [0.1, 0.15) is 0 Å². The van der Waals surface area contributed by atoms with Gasteiger partial charge in [0.15, 0.2) is 10.8 Å². The minimum absolute atomic E-state index is 0.0725. The number of hydrogen-bond donors (Lipinski definition) is 0. The molecule has 3 rings (SSSR count). The fraction of sp³-hybridized carbons (Fsp3) is 0.235. The highest BCUT2D eigenvalue weighted by atomic mass is 32.2. The topological polar surface area (TPSA) is 50.5 Å². The number of carbonyl (C=O) groups is 1. The second-order valence-electron chi connectivity index (χ2n) is 5.44. The zero-order valence-electron chi connectivity index (χ0n) is 13.1. The predicted molar refractivity (Wildman–Crippen MR) is 91.4 cm³/mol. The smallest absolute Gasteiger partial charge is 0.233 e. The van der Waals surface area contributed by atoms with Gasteiger partial charge >= 0.3 is 0 Å². The van der Waals surface area contributed by atoms with Crippen LogP contribution in [0.1, 0.15) is 11.1 Å². The van der Waals surface area contributed by atoms with Crippen LogP contribution < -0.4 is 0 Å². The van der Waals surface area contributed by atoms with Crippen molar-refractivity contribution in [3.8, 4) is 0 Å². The fourth-order valence-electron chi connectivity index (χ4n) is 2.21. The second kappa shape index (κ2) is 6.83. The number of nitrogens with zero attached hydrogens (tertiary/aromatic N) is 4. The van der Waals surface area contributed by atoms with Crippen LogP contribution in [0.3, 0.4) is 0 Å². The molecule has 0 atom stereocenters. The summed E-state index contributed by atoms with van der Waals surface area (Å²) in [5.41, 5.74) is 3.14. The summed E-state index contributed by atoms with van der Waals surface area (Å²) in [5.74, 6) is 0.418. The number of carbonyl (C=O) groups excluding carboxylic acids is 1. The van der Waals surface area contributed by atoms with Crippen molar-refractivity contribution >= 4 is 23.3 Å². The number of aryl methyl sites for hydroxylation is 1. The molecule has 3 aromatic rings. The molecule has 1 amide bonds. The van der Waals surface area contributed by atoms with E-state index in [0.717, 1.165) is 16.4 Å². The molecule has 0 spiro atoms.